The molecule has 0 aliphatic carbocycles. The molecule has 0 saturated carbocycles. The van der Waals surface area contributed by atoms with E-state index >= 15 is 0 Å². The topological polar surface area (TPSA) is 64.8 Å². The molecule has 0 N–H and O–H groups in total. The normalized spacial score (nSPS) is 13.2. The lowest BCUT2D eigenvalue weighted by Gasteiger charge is -2.20. The average molecular weight is 224 g/mol. The first-order valence-electron chi connectivity index (χ1n) is 3.58. The van der Waals surface area contributed by atoms with Gasteiger partial charge in [-0.15, -0.1) is 10.2 Å². The van der Waals surface area contributed by atoms with Gasteiger partial charge in [-0.1, -0.05) is 0 Å². The van der Waals surface area contributed by atoms with Crippen LogP contribution in [0.5, 0.6) is 0 Å². The van der Waals surface area contributed by atoms with Crippen LogP contribution in [0, 0.1) is 0 Å². The van der Waals surface area contributed by atoms with Crippen molar-refractivity contribution < 1.29 is 8.42 Å². The molecule has 1 aromatic heterocycles. The maximum atomic E-state index is 11.0. The van der Waals surface area contributed by atoms with Gasteiger partial charge in [0.05, 0.1) is 0 Å². The summed E-state index contributed by atoms with van der Waals surface area (Å²) >= 11 is 0. The summed E-state index contributed by atoms with van der Waals surface area (Å²) in [7, 11) is 1.35. The van der Waals surface area contributed by atoms with Gasteiger partial charge in [0.25, 0.3) is 14.2 Å². The van der Waals surface area contributed by atoms with Crippen molar-refractivity contribution in [2.75, 3.05) is 0 Å². The van der Waals surface area contributed by atoms with Crippen molar-refractivity contribution in [3.8, 4) is 0 Å². The Labute approximate surface area is 81.2 Å². The minimum Gasteiger partial charge on any atom is -0.298 e. The zero-order valence-corrected chi connectivity index (χ0v) is 9.09. The third-order valence-corrected chi connectivity index (χ3v) is 2.59. The lowest BCUT2D eigenvalue weighted by molar-refractivity contribution is 0.363. The van der Waals surface area contributed by atoms with E-state index in [0.717, 1.165) is 0 Å². The van der Waals surface area contributed by atoms with Crippen LogP contribution in [0.2, 0.25) is 0 Å². The Hall–Kier alpha value is -0.620. The smallest absolute Gasteiger partial charge is 0.296 e. The number of hydrogen-bond donors (Lipinski definition) is 0. The number of halogens is 1. The summed E-state index contributed by atoms with van der Waals surface area (Å²) < 4.78 is 23.4. The highest BCUT2D eigenvalue weighted by atomic mass is 35.7. The van der Waals surface area contributed by atoms with E-state index in [1.807, 2.05) is 20.8 Å². The second-order valence-corrected chi connectivity index (χ2v) is 6.05. The Bertz CT molecular complexity index is 404. The molecular formula is C6H10ClN3O2S. The quantitative estimate of drug-likeness (QED) is 0.666. The van der Waals surface area contributed by atoms with E-state index in [1.54, 1.807) is 0 Å². The van der Waals surface area contributed by atoms with E-state index in [-0.39, 0.29) is 5.16 Å². The molecule has 0 aromatic carbocycles. The molecular weight excluding hydrogens is 214 g/mol. The first-order chi connectivity index (χ1) is 5.73. The monoisotopic (exact) mass is 223 g/mol. The Morgan fingerprint density at radius 1 is 1.46 bits per heavy atom. The molecule has 1 aromatic rings. The predicted molar refractivity (Wildman–Crippen MR) is 48.1 cm³/mol. The van der Waals surface area contributed by atoms with Gasteiger partial charge in [0.15, 0.2) is 0 Å². The third-order valence-electron chi connectivity index (χ3n) is 1.46. The standard InChI is InChI=1S/C6H10ClN3O2S/c1-6(2,3)10-4-8-9-5(10)13(7,11)12/h4H,1-3H3. The van der Waals surface area contributed by atoms with E-state index in [4.69, 9.17) is 10.7 Å². The third kappa shape index (κ3) is 2.19. The van der Waals surface area contributed by atoms with Gasteiger partial charge in [0.2, 0.25) is 0 Å². The lowest BCUT2D eigenvalue weighted by atomic mass is 10.1. The highest BCUT2D eigenvalue weighted by molar-refractivity contribution is 8.13. The van der Waals surface area contributed by atoms with Crippen LogP contribution in [-0.2, 0) is 14.6 Å². The Balaban J connectivity index is 3.35. The fourth-order valence-corrected chi connectivity index (χ4v) is 1.87. The van der Waals surface area contributed by atoms with E-state index < -0.39 is 14.6 Å². The number of hydrogen-bond acceptors (Lipinski definition) is 4. The molecule has 0 saturated heterocycles. The molecule has 0 unspecified atom stereocenters. The molecule has 0 aliphatic rings. The second kappa shape index (κ2) is 2.95. The molecule has 74 valence electrons. The van der Waals surface area contributed by atoms with Gasteiger partial charge in [0, 0.05) is 16.2 Å². The van der Waals surface area contributed by atoms with Gasteiger partial charge in [-0.25, -0.2) is 8.42 Å². The molecule has 13 heavy (non-hydrogen) atoms. The molecule has 1 rings (SSSR count). The van der Waals surface area contributed by atoms with Gasteiger partial charge in [-0.3, -0.25) is 4.57 Å². The molecule has 0 bridgehead atoms. The van der Waals surface area contributed by atoms with Crippen LogP contribution in [0.3, 0.4) is 0 Å². The van der Waals surface area contributed by atoms with Crippen LogP contribution in [0.15, 0.2) is 11.5 Å². The highest BCUT2D eigenvalue weighted by Gasteiger charge is 2.25. The largest absolute Gasteiger partial charge is 0.298 e. The van der Waals surface area contributed by atoms with Crippen LogP contribution in [-0.4, -0.2) is 23.2 Å². The van der Waals surface area contributed by atoms with E-state index in [1.165, 1.54) is 10.9 Å². The Morgan fingerprint density at radius 2 is 2.00 bits per heavy atom. The van der Waals surface area contributed by atoms with Crippen molar-refractivity contribution in [3.63, 3.8) is 0 Å². The fraction of sp³-hybridized carbons (Fsp3) is 0.667. The molecule has 0 spiro atoms. The van der Waals surface area contributed by atoms with Crippen LogP contribution >= 0.6 is 10.7 Å². The van der Waals surface area contributed by atoms with E-state index in [0.29, 0.717) is 0 Å². The van der Waals surface area contributed by atoms with E-state index in [2.05, 4.69) is 10.2 Å². The van der Waals surface area contributed by atoms with Gasteiger partial charge in [-0.2, -0.15) is 0 Å². The maximum absolute atomic E-state index is 11.0. The molecule has 0 atom stereocenters. The lowest BCUT2D eigenvalue weighted by Crippen LogP contribution is -2.24. The molecule has 0 amide bonds. The van der Waals surface area contributed by atoms with Crippen LogP contribution in [0.1, 0.15) is 20.8 Å². The van der Waals surface area contributed by atoms with Crippen molar-refractivity contribution in [1.29, 1.82) is 0 Å². The summed E-state index contributed by atoms with van der Waals surface area (Å²) in [6.45, 7) is 5.51. The van der Waals surface area contributed by atoms with Gasteiger partial charge >= 0.3 is 0 Å². The summed E-state index contributed by atoms with van der Waals surface area (Å²) in [4.78, 5) is 0. The molecule has 5 nitrogen and oxygen atoms in total. The zero-order valence-electron chi connectivity index (χ0n) is 7.52. The first kappa shape index (κ1) is 10.5. The van der Waals surface area contributed by atoms with Crippen molar-refractivity contribution in [3.05, 3.63) is 6.33 Å². The Morgan fingerprint density at radius 3 is 2.31 bits per heavy atom. The number of aromatic nitrogens is 3. The highest BCUT2D eigenvalue weighted by Crippen LogP contribution is 2.20. The zero-order chi connectivity index (χ0) is 10.3. The second-order valence-electron chi connectivity index (χ2n) is 3.59. The molecule has 0 aliphatic heterocycles. The average Bonchev–Trinajstić information content (AvgIpc) is 2.27. The van der Waals surface area contributed by atoms with Crippen molar-refractivity contribution in [1.82, 2.24) is 14.8 Å². The summed E-state index contributed by atoms with van der Waals surface area (Å²) in [5.74, 6) is 0. The SMILES string of the molecule is CC(C)(C)n1cnnc1S(=O)(=O)Cl. The van der Waals surface area contributed by atoms with Crippen molar-refractivity contribution in [2.24, 2.45) is 0 Å². The summed E-state index contributed by atoms with van der Waals surface area (Å²) in [6.07, 6.45) is 1.34. The molecule has 1 heterocycles. The molecule has 0 fully saturated rings. The minimum absolute atomic E-state index is 0.221. The Kier molecular flexibility index (Phi) is 2.38. The first-order valence-corrected chi connectivity index (χ1v) is 5.89. The maximum Gasteiger partial charge on any atom is 0.296 e. The van der Waals surface area contributed by atoms with Crippen molar-refractivity contribution >= 4 is 19.7 Å². The van der Waals surface area contributed by atoms with Crippen molar-refractivity contribution in [2.45, 2.75) is 31.5 Å². The summed E-state index contributed by atoms with van der Waals surface area (Å²) in [5.41, 5.74) is -0.402. The van der Waals surface area contributed by atoms with Gasteiger partial charge in [0.1, 0.15) is 6.33 Å². The minimum atomic E-state index is -3.81. The summed E-state index contributed by atoms with van der Waals surface area (Å²) in [6, 6.07) is 0. The van der Waals surface area contributed by atoms with Crippen LogP contribution < -0.4 is 0 Å². The number of rotatable bonds is 1. The van der Waals surface area contributed by atoms with E-state index in [9.17, 15) is 8.42 Å². The van der Waals surface area contributed by atoms with Crippen LogP contribution in [0.4, 0.5) is 0 Å². The van der Waals surface area contributed by atoms with Crippen LogP contribution in [0.25, 0.3) is 0 Å². The fourth-order valence-electron chi connectivity index (χ4n) is 0.851. The molecule has 7 heteroatoms. The van der Waals surface area contributed by atoms with Gasteiger partial charge < -0.3 is 0 Å². The van der Waals surface area contributed by atoms with Gasteiger partial charge in [-0.05, 0) is 20.8 Å². The number of nitrogens with zero attached hydrogens (tertiary/aromatic N) is 3. The molecule has 0 radical (unpaired) electrons. The predicted octanol–water partition coefficient (Wildman–Crippen LogP) is 0.961. The summed E-state index contributed by atoms with van der Waals surface area (Å²) in [5, 5.41) is 6.73.